The lowest BCUT2D eigenvalue weighted by Gasteiger charge is -2.30. The number of allylic oxidation sites excluding steroid dienone is 1. The van der Waals surface area contributed by atoms with Crippen molar-refractivity contribution in [3.05, 3.63) is 36.8 Å². The van der Waals surface area contributed by atoms with Gasteiger partial charge in [-0.3, -0.25) is 14.9 Å². The highest BCUT2D eigenvalue weighted by Crippen LogP contribution is 2.34. The van der Waals surface area contributed by atoms with Crippen LogP contribution in [-0.4, -0.2) is 46.8 Å². The number of carbonyl (C=O) groups is 2. The third-order valence-corrected chi connectivity index (χ3v) is 5.99. The molecule has 0 aliphatic carbocycles. The van der Waals surface area contributed by atoms with E-state index >= 15 is 0 Å². The number of ether oxygens (including phenoxy) is 2. The fourth-order valence-electron chi connectivity index (χ4n) is 2.26. The summed E-state index contributed by atoms with van der Waals surface area (Å²) in [6.45, 7) is 15.9. The summed E-state index contributed by atoms with van der Waals surface area (Å²) in [7, 11) is 0. The van der Waals surface area contributed by atoms with Crippen molar-refractivity contribution in [2.24, 2.45) is 5.41 Å². The fraction of sp³-hybridized carbons (Fsp3) is 0.600. The Labute approximate surface area is 166 Å². The Hall–Kier alpha value is -1.73. The van der Waals surface area contributed by atoms with Crippen LogP contribution in [0.3, 0.4) is 0 Å². The van der Waals surface area contributed by atoms with Gasteiger partial charge in [0.2, 0.25) is 5.91 Å². The summed E-state index contributed by atoms with van der Waals surface area (Å²) in [6.07, 6.45) is 4.85. The summed E-state index contributed by atoms with van der Waals surface area (Å²) in [6, 6.07) is 0. The van der Waals surface area contributed by atoms with Crippen LogP contribution in [0.5, 0.6) is 0 Å². The number of carboxylic acid groups (broad SMARTS) is 1. The number of amides is 1. The Bertz CT molecular complexity index is 603. The average Bonchev–Trinajstić information content (AvgIpc) is 2.59. The summed E-state index contributed by atoms with van der Waals surface area (Å²) in [4.78, 5) is 24.2. The second-order valence-corrected chi connectivity index (χ2v) is 9.38. The van der Waals surface area contributed by atoms with Crippen LogP contribution in [0, 0.1) is 5.41 Å². The smallest absolute Gasteiger partial charge is 0.313 e. The van der Waals surface area contributed by atoms with E-state index in [-0.39, 0.29) is 18.4 Å². The van der Waals surface area contributed by atoms with Crippen molar-refractivity contribution in [1.82, 2.24) is 5.32 Å². The molecule has 0 aromatic rings. The first-order valence-corrected chi connectivity index (χ1v) is 9.84. The monoisotopic (exact) mass is 397 g/mol. The molecule has 0 aromatic heterocycles. The van der Waals surface area contributed by atoms with Gasteiger partial charge in [0, 0.05) is 24.5 Å². The standard InChI is InChI=1S/C20H31NO5S/c1-7-10-26-16(13-14(2)19(3,4)18(23)24)21-17(22)20(5,6)27-15-8-11-25-12-9-15/h7,13,15H,1-2,8-12H2,3-6H3,(H,21,22)(H,23,24)/b16-13-. The molecule has 7 heteroatoms. The van der Waals surface area contributed by atoms with Crippen molar-refractivity contribution in [3.63, 3.8) is 0 Å². The molecule has 0 bridgehead atoms. The molecule has 6 nitrogen and oxygen atoms in total. The second-order valence-electron chi connectivity index (χ2n) is 7.46. The molecule has 0 spiro atoms. The van der Waals surface area contributed by atoms with Crippen molar-refractivity contribution in [2.75, 3.05) is 19.8 Å². The zero-order valence-corrected chi connectivity index (χ0v) is 17.5. The Morgan fingerprint density at radius 1 is 1.30 bits per heavy atom. The maximum atomic E-state index is 12.8. The van der Waals surface area contributed by atoms with Crippen molar-refractivity contribution in [1.29, 1.82) is 0 Å². The first-order valence-electron chi connectivity index (χ1n) is 8.96. The van der Waals surface area contributed by atoms with Crippen molar-refractivity contribution < 1.29 is 24.2 Å². The molecule has 1 saturated heterocycles. The molecule has 1 fully saturated rings. The van der Waals surface area contributed by atoms with E-state index in [1.807, 2.05) is 13.8 Å². The number of hydrogen-bond donors (Lipinski definition) is 2. The van der Waals surface area contributed by atoms with E-state index < -0.39 is 16.1 Å². The third-order valence-electron chi connectivity index (χ3n) is 4.41. The Kier molecular flexibility index (Phi) is 8.62. The number of hydrogen-bond acceptors (Lipinski definition) is 5. The first kappa shape index (κ1) is 23.3. The van der Waals surface area contributed by atoms with Crippen LogP contribution in [-0.2, 0) is 19.1 Å². The number of carboxylic acids is 1. The van der Waals surface area contributed by atoms with E-state index in [0.29, 0.717) is 24.0 Å². The molecular formula is C20H31NO5S. The minimum Gasteiger partial charge on any atom is -0.481 e. The van der Waals surface area contributed by atoms with Gasteiger partial charge in [-0.05, 0) is 46.1 Å². The quantitative estimate of drug-likeness (QED) is 0.333. The number of aliphatic carboxylic acids is 1. The molecule has 1 heterocycles. The highest BCUT2D eigenvalue weighted by molar-refractivity contribution is 8.01. The summed E-state index contributed by atoms with van der Waals surface area (Å²) >= 11 is 1.61. The fourth-order valence-corrected chi connectivity index (χ4v) is 3.68. The lowest BCUT2D eigenvalue weighted by atomic mass is 9.85. The normalized spacial score (nSPS) is 16.5. The van der Waals surface area contributed by atoms with E-state index in [1.54, 1.807) is 31.7 Å². The van der Waals surface area contributed by atoms with Gasteiger partial charge in [0.15, 0.2) is 5.88 Å². The Morgan fingerprint density at radius 2 is 1.89 bits per heavy atom. The van der Waals surface area contributed by atoms with Gasteiger partial charge in [0.05, 0.1) is 10.2 Å². The summed E-state index contributed by atoms with van der Waals surface area (Å²) in [5.41, 5.74) is -0.857. The highest BCUT2D eigenvalue weighted by atomic mass is 32.2. The Balaban J connectivity index is 2.88. The van der Waals surface area contributed by atoms with Crippen LogP contribution in [0.4, 0.5) is 0 Å². The summed E-state index contributed by atoms with van der Waals surface area (Å²) < 4.78 is 10.2. The third kappa shape index (κ3) is 7.07. The predicted octanol–water partition coefficient (Wildman–Crippen LogP) is 3.50. The molecule has 0 atom stereocenters. The second kappa shape index (κ2) is 9.99. The minimum atomic E-state index is -1.18. The van der Waals surface area contributed by atoms with E-state index in [2.05, 4.69) is 18.5 Å². The first-order chi connectivity index (χ1) is 12.5. The molecule has 1 aliphatic heterocycles. The largest absolute Gasteiger partial charge is 0.481 e. The molecule has 0 saturated carbocycles. The number of nitrogens with one attached hydrogen (secondary N) is 1. The van der Waals surface area contributed by atoms with E-state index in [0.717, 1.165) is 12.8 Å². The van der Waals surface area contributed by atoms with Crippen LogP contribution in [0.2, 0.25) is 0 Å². The maximum Gasteiger partial charge on any atom is 0.313 e. The Morgan fingerprint density at radius 3 is 2.41 bits per heavy atom. The number of carbonyl (C=O) groups excluding carboxylic acids is 1. The summed E-state index contributed by atoms with van der Waals surface area (Å²) in [5.74, 6) is -1.05. The van der Waals surface area contributed by atoms with Crippen LogP contribution >= 0.6 is 11.8 Å². The van der Waals surface area contributed by atoms with Gasteiger partial charge in [-0.25, -0.2) is 0 Å². The molecule has 0 aromatic carbocycles. The van der Waals surface area contributed by atoms with E-state index in [9.17, 15) is 14.7 Å². The van der Waals surface area contributed by atoms with Crippen LogP contribution < -0.4 is 5.32 Å². The van der Waals surface area contributed by atoms with E-state index in [4.69, 9.17) is 9.47 Å². The zero-order chi connectivity index (χ0) is 20.7. The average molecular weight is 398 g/mol. The lowest BCUT2D eigenvalue weighted by Crippen LogP contribution is -2.41. The SMILES string of the molecule is C=CCO/C(=C\C(=C)C(C)(C)C(=O)O)NC(=O)C(C)(C)SC1CCOCC1. The predicted molar refractivity (Wildman–Crippen MR) is 108 cm³/mol. The molecule has 1 amide bonds. The van der Waals surface area contributed by atoms with Gasteiger partial charge in [0.1, 0.15) is 6.61 Å². The van der Waals surface area contributed by atoms with Crippen molar-refractivity contribution in [2.45, 2.75) is 50.5 Å². The summed E-state index contributed by atoms with van der Waals surface area (Å²) in [5, 5.41) is 12.5. The molecule has 2 N–H and O–H groups in total. The highest BCUT2D eigenvalue weighted by Gasteiger charge is 2.34. The molecule has 0 radical (unpaired) electrons. The molecule has 152 valence electrons. The van der Waals surface area contributed by atoms with Crippen molar-refractivity contribution in [3.8, 4) is 0 Å². The van der Waals surface area contributed by atoms with Crippen molar-refractivity contribution >= 4 is 23.6 Å². The number of rotatable bonds is 10. The maximum absolute atomic E-state index is 12.8. The van der Waals surface area contributed by atoms with Gasteiger partial charge in [-0.1, -0.05) is 19.2 Å². The molecular weight excluding hydrogens is 366 g/mol. The van der Waals surface area contributed by atoms with Crippen LogP contribution in [0.25, 0.3) is 0 Å². The molecule has 1 rings (SSSR count). The number of thioether (sulfide) groups is 1. The van der Waals surface area contributed by atoms with Crippen LogP contribution in [0.15, 0.2) is 36.8 Å². The lowest BCUT2D eigenvalue weighted by molar-refractivity contribution is -0.144. The molecule has 1 aliphatic rings. The molecule has 0 unspecified atom stereocenters. The van der Waals surface area contributed by atoms with Gasteiger partial charge < -0.3 is 14.6 Å². The topological polar surface area (TPSA) is 84.9 Å². The van der Waals surface area contributed by atoms with Gasteiger partial charge in [0.25, 0.3) is 0 Å². The minimum absolute atomic E-state index is 0.167. The van der Waals surface area contributed by atoms with Gasteiger partial charge >= 0.3 is 5.97 Å². The zero-order valence-electron chi connectivity index (χ0n) is 16.7. The van der Waals surface area contributed by atoms with Crippen LogP contribution in [0.1, 0.15) is 40.5 Å². The van der Waals surface area contributed by atoms with Gasteiger partial charge in [-0.15, -0.1) is 11.8 Å². The van der Waals surface area contributed by atoms with E-state index in [1.165, 1.54) is 6.08 Å². The molecule has 27 heavy (non-hydrogen) atoms. The van der Waals surface area contributed by atoms with Gasteiger partial charge in [-0.2, -0.15) is 0 Å².